The normalized spacial score (nSPS) is 11.7. The van der Waals surface area contributed by atoms with Gasteiger partial charge in [0.05, 0.1) is 34.2 Å². The number of ether oxygens (including phenoxy) is 5. The fourth-order valence-electron chi connectivity index (χ4n) is 2.82. The molecule has 0 aliphatic heterocycles. The van der Waals surface area contributed by atoms with Crippen molar-refractivity contribution in [3.8, 4) is 28.7 Å². The standard InChI is InChI=1S/C24H32N2O6/c1-6-7-8-13-31-19-9-11-20(12-10-19)32-17(2)24(27)26-25-16-18-14-22(29-4)23(30-5)15-21(18)28-3/h9-12,14-17H,6-8,13H2,1-5H3,(H,26,27). The molecule has 0 aromatic heterocycles. The number of unbranched alkanes of at least 4 members (excludes halogenated alkanes) is 2. The number of hydrogen-bond donors (Lipinski definition) is 1. The van der Waals surface area contributed by atoms with Gasteiger partial charge in [0.15, 0.2) is 17.6 Å². The molecule has 0 saturated carbocycles. The highest BCUT2D eigenvalue weighted by atomic mass is 16.5. The van der Waals surface area contributed by atoms with Crippen molar-refractivity contribution in [1.82, 2.24) is 5.43 Å². The molecule has 0 heterocycles. The van der Waals surface area contributed by atoms with E-state index in [4.69, 9.17) is 23.7 Å². The average Bonchev–Trinajstić information content (AvgIpc) is 2.82. The Morgan fingerprint density at radius 3 is 2.22 bits per heavy atom. The summed E-state index contributed by atoms with van der Waals surface area (Å²) in [5.41, 5.74) is 3.09. The number of benzene rings is 2. The van der Waals surface area contributed by atoms with Gasteiger partial charge in [-0.05, 0) is 43.7 Å². The molecule has 2 aromatic carbocycles. The van der Waals surface area contributed by atoms with E-state index < -0.39 is 6.10 Å². The number of carbonyl (C=O) groups excluding carboxylic acids is 1. The lowest BCUT2D eigenvalue weighted by atomic mass is 10.2. The zero-order valence-corrected chi connectivity index (χ0v) is 19.3. The number of hydrazone groups is 1. The van der Waals surface area contributed by atoms with Gasteiger partial charge in [-0.2, -0.15) is 5.10 Å². The number of nitrogens with zero attached hydrogens (tertiary/aromatic N) is 1. The van der Waals surface area contributed by atoms with Gasteiger partial charge in [0.1, 0.15) is 17.2 Å². The van der Waals surface area contributed by atoms with Crippen LogP contribution in [0.1, 0.15) is 38.7 Å². The summed E-state index contributed by atoms with van der Waals surface area (Å²) in [7, 11) is 4.62. The second kappa shape index (κ2) is 13.1. The first kappa shape index (κ1) is 24.8. The van der Waals surface area contributed by atoms with E-state index in [9.17, 15) is 4.79 Å². The van der Waals surface area contributed by atoms with Crippen molar-refractivity contribution in [2.24, 2.45) is 5.10 Å². The molecule has 1 amide bonds. The van der Waals surface area contributed by atoms with Crippen molar-refractivity contribution < 1.29 is 28.5 Å². The number of amides is 1. The molecule has 8 heteroatoms. The minimum atomic E-state index is -0.740. The molecule has 0 aliphatic carbocycles. The van der Waals surface area contributed by atoms with Gasteiger partial charge in [0, 0.05) is 11.6 Å². The Morgan fingerprint density at radius 1 is 0.969 bits per heavy atom. The van der Waals surface area contributed by atoms with Crippen molar-refractivity contribution in [2.75, 3.05) is 27.9 Å². The lowest BCUT2D eigenvalue weighted by Crippen LogP contribution is -2.33. The predicted octanol–water partition coefficient (Wildman–Crippen LogP) is 4.20. The number of carbonyl (C=O) groups is 1. The first-order valence-corrected chi connectivity index (χ1v) is 10.5. The van der Waals surface area contributed by atoms with E-state index in [0.29, 0.717) is 35.2 Å². The summed E-state index contributed by atoms with van der Waals surface area (Å²) < 4.78 is 27.3. The third kappa shape index (κ3) is 7.37. The minimum Gasteiger partial charge on any atom is -0.496 e. The van der Waals surface area contributed by atoms with Crippen LogP contribution in [0.25, 0.3) is 0 Å². The highest BCUT2D eigenvalue weighted by Crippen LogP contribution is 2.33. The maximum atomic E-state index is 12.3. The molecule has 0 spiro atoms. The molecule has 2 aromatic rings. The molecule has 32 heavy (non-hydrogen) atoms. The maximum Gasteiger partial charge on any atom is 0.280 e. The topological polar surface area (TPSA) is 87.6 Å². The summed E-state index contributed by atoms with van der Waals surface area (Å²) in [6.07, 6.45) is 4.06. The second-order valence-electron chi connectivity index (χ2n) is 6.97. The number of hydrogen-bond acceptors (Lipinski definition) is 7. The van der Waals surface area contributed by atoms with Gasteiger partial charge in [-0.25, -0.2) is 5.43 Å². The molecule has 1 unspecified atom stereocenters. The quantitative estimate of drug-likeness (QED) is 0.283. The molecule has 0 bridgehead atoms. The fraction of sp³-hybridized carbons (Fsp3) is 0.417. The van der Waals surface area contributed by atoms with Crippen LogP contribution in [-0.2, 0) is 4.79 Å². The summed E-state index contributed by atoms with van der Waals surface area (Å²) in [4.78, 5) is 12.3. The van der Waals surface area contributed by atoms with Crippen LogP contribution in [0.4, 0.5) is 0 Å². The molecular weight excluding hydrogens is 412 g/mol. The zero-order chi connectivity index (χ0) is 23.3. The summed E-state index contributed by atoms with van der Waals surface area (Å²) in [5.74, 6) is 2.54. The number of nitrogens with one attached hydrogen (secondary N) is 1. The maximum absolute atomic E-state index is 12.3. The fourth-order valence-corrected chi connectivity index (χ4v) is 2.82. The Hall–Kier alpha value is -3.42. The van der Waals surface area contributed by atoms with Gasteiger partial charge in [0.25, 0.3) is 5.91 Å². The summed E-state index contributed by atoms with van der Waals surface area (Å²) >= 11 is 0. The summed E-state index contributed by atoms with van der Waals surface area (Å²) in [5, 5.41) is 4.01. The van der Waals surface area contributed by atoms with Crippen LogP contribution in [0.5, 0.6) is 28.7 Å². The van der Waals surface area contributed by atoms with Crippen molar-refractivity contribution in [3.63, 3.8) is 0 Å². The van der Waals surface area contributed by atoms with Crippen LogP contribution >= 0.6 is 0 Å². The lowest BCUT2D eigenvalue weighted by Gasteiger charge is -2.14. The molecule has 0 radical (unpaired) electrons. The molecule has 1 N–H and O–H groups in total. The highest BCUT2D eigenvalue weighted by Gasteiger charge is 2.15. The van der Waals surface area contributed by atoms with Crippen molar-refractivity contribution in [2.45, 2.75) is 39.2 Å². The van der Waals surface area contributed by atoms with Crippen LogP contribution in [0.15, 0.2) is 41.5 Å². The monoisotopic (exact) mass is 444 g/mol. The van der Waals surface area contributed by atoms with E-state index in [1.165, 1.54) is 20.4 Å². The van der Waals surface area contributed by atoms with Gasteiger partial charge in [0.2, 0.25) is 0 Å². The minimum absolute atomic E-state index is 0.388. The van der Waals surface area contributed by atoms with E-state index in [2.05, 4.69) is 17.5 Å². The van der Waals surface area contributed by atoms with Crippen molar-refractivity contribution >= 4 is 12.1 Å². The molecule has 174 valence electrons. The zero-order valence-electron chi connectivity index (χ0n) is 19.3. The molecule has 2 rings (SSSR count). The molecular formula is C24H32N2O6. The van der Waals surface area contributed by atoms with Crippen LogP contribution in [0, 0.1) is 0 Å². The van der Waals surface area contributed by atoms with Crippen LogP contribution < -0.4 is 29.1 Å². The van der Waals surface area contributed by atoms with Crippen molar-refractivity contribution in [3.05, 3.63) is 42.0 Å². The van der Waals surface area contributed by atoms with E-state index >= 15 is 0 Å². The Labute approximate surface area is 189 Å². The van der Waals surface area contributed by atoms with E-state index in [0.717, 1.165) is 25.0 Å². The Bertz CT molecular complexity index is 883. The number of rotatable bonds is 13. The van der Waals surface area contributed by atoms with Gasteiger partial charge in [-0.15, -0.1) is 0 Å². The molecule has 0 aliphatic rings. The number of methoxy groups -OCH3 is 3. The van der Waals surface area contributed by atoms with Crippen molar-refractivity contribution in [1.29, 1.82) is 0 Å². The SMILES string of the molecule is CCCCCOc1ccc(OC(C)C(=O)NN=Cc2cc(OC)c(OC)cc2OC)cc1. The third-order valence-corrected chi connectivity index (χ3v) is 4.64. The van der Waals surface area contributed by atoms with Crippen LogP contribution in [-0.4, -0.2) is 46.2 Å². The smallest absolute Gasteiger partial charge is 0.280 e. The molecule has 1 atom stereocenters. The molecule has 0 fully saturated rings. The first-order valence-electron chi connectivity index (χ1n) is 10.5. The Kier molecular flexibility index (Phi) is 10.2. The van der Waals surface area contributed by atoms with E-state index in [1.807, 2.05) is 12.1 Å². The van der Waals surface area contributed by atoms with Gasteiger partial charge in [-0.3, -0.25) is 4.79 Å². The summed E-state index contributed by atoms with van der Waals surface area (Å²) in [6.45, 7) is 4.49. The molecule has 0 saturated heterocycles. The lowest BCUT2D eigenvalue weighted by molar-refractivity contribution is -0.127. The summed E-state index contributed by atoms with van der Waals surface area (Å²) in [6, 6.07) is 10.6. The Morgan fingerprint density at radius 2 is 1.59 bits per heavy atom. The van der Waals surface area contributed by atoms with E-state index in [1.54, 1.807) is 38.3 Å². The van der Waals surface area contributed by atoms with Gasteiger partial charge >= 0.3 is 0 Å². The average molecular weight is 445 g/mol. The second-order valence-corrected chi connectivity index (χ2v) is 6.97. The van der Waals surface area contributed by atoms with Gasteiger partial charge < -0.3 is 23.7 Å². The predicted molar refractivity (Wildman–Crippen MR) is 123 cm³/mol. The van der Waals surface area contributed by atoms with E-state index in [-0.39, 0.29) is 5.91 Å². The van der Waals surface area contributed by atoms with Crippen LogP contribution in [0.2, 0.25) is 0 Å². The van der Waals surface area contributed by atoms with Crippen LogP contribution in [0.3, 0.4) is 0 Å². The third-order valence-electron chi connectivity index (χ3n) is 4.64. The first-order chi connectivity index (χ1) is 15.5. The van der Waals surface area contributed by atoms with Gasteiger partial charge in [-0.1, -0.05) is 19.8 Å². The highest BCUT2D eigenvalue weighted by molar-refractivity contribution is 5.87. The Balaban J connectivity index is 1.91. The molecule has 8 nitrogen and oxygen atoms in total. The largest absolute Gasteiger partial charge is 0.496 e.